The molecule has 30 heavy (non-hydrogen) atoms. The molecule has 0 atom stereocenters. The molecule has 0 saturated heterocycles. The Kier molecular flexibility index (Phi) is 5.08. The standard InChI is InChI=1S/C28H28O2/c1-3-29-27-16-13-22(18-28(27)30-4-2)21-10-9-20-12-14-24-23-8-6-5-7-19(23)11-15-25(24)26(20)17-21/h5-8,10,12-14,16,18H,3-4,9,11,15,17H2,1-2H3. The highest BCUT2D eigenvalue weighted by atomic mass is 16.5. The summed E-state index contributed by atoms with van der Waals surface area (Å²) in [6.07, 6.45) is 6.64. The van der Waals surface area contributed by atoms with Gasteiger partial charge in [-0.3, -0.25) is 0 Å². The van der Waals surface area contributed by atoms with Crippen LogP contribution in [-0.4, -0.2) is 13.2 Å². The molecule has 3 aromatic rings. The lowest BCUT2D eigenvalue weighted by Gasteiger charge is -2.27. The van der Waals surface area contributed by atoms with Crippen molar-refractivity contribution in [3.63, 3.8) is 0 Å². The molecule has 0 saturated carbocycles. The molecule has 2 aliphatic rings. The maximum atomic E-state index is 5.87. The van der Waals surface area contributed by atoms with Crippen LogP contribution in [0.5, 0.6) is 11.5 Å². The largest absolute Gasteiger partial charge is 0.490 e. The first-order valence-electron chi connectivity index (χ1n) is 11.1. The summed E-state index contributed by atoms with van der Waals surface area (Å²) in [5, 5.41) is 0. The second kappa shape index (κ2) is 8.02. The van der Waals surface area contributed by atoms with E-state index >= 15 is 0 Å². The van der Waals surface area contributed by atoms with Crippen LogP contribution in [0.2, 0.25) is 0 Å². The van der Waals surface area contributed by atoms with Crippen molar-refractivity contribution in [3.05, 3.63) is 88.5 Å². The molecule has 3 aromatic carbocycles. The quantitative estimate of drug-likeness (QED) is 0.495. The number of aryl methyl sites for hydroxylation is 1. The number of allylic oxidation sites excluding steroid dienone is 2. The van der Waals surface area contributed by atoms with Crippen molar-refractivity contribution in [2.45, 2.75) is 39.5 Å². The smallest absolute Gasteiger partial charge is 0.161 e. The highest BCUT2D eigenvalue weighted by molar-refractivity contribution is 5.79. The summed E-state index contributed by atoms with van der Waals surface area (Å²) < 4.78 is 11.6. The molecule has 2 nitrogen and oxygen atoms in total. The van der Waals surface area contributed by atoms with Crippen LogP contribution in [0.4, 0.5) is 0 Å². The fraction of sp³-hybridized carbons (Fsp3) is 0.286. The van der Waals surface area contributed by atoms with Crippen molar-refractivity contribution in [2.75, 3.05) is 13.2 Å². The van der Waals surface area contributed by atoms with Gasteiger partial charge in [0.1, 0.15) is 0 Å². The fourth-order valence-electron chi connectivity index (χ4n) is 4.92. The monoisotopic (exact) mass is 396 g/mol. The van der Waals surface area contributed by atoms with Crippen molar-refractivity contribution in [1.82, 2.24) is 0 Å². The maximum absolute atomic E-state index is 5.87. The number of fused-ring (bicyclic) bond motifs is 5. The highest BCUT2D eigenvalue weighted by Gasteiger charge is 2.23. The summed E-state index contributed by atoms with van der Waals surface area (Å²) >= 11 is 0. The van der Waals surface area contributed by atoms with Gasteiger partial charge in [-0.15, -0.1) is 0 Å². The summed E-state index contributed by atoms with van der Waals surface area (Å²) in [4.78, 5) is 0. The summed E-state index contributed by atoms with van der Waals surface area (Å²) in [6, 6.07) is 19.9. The van der Waals surface area contributed by atoms with Gasteiger partial charge in [0.25, 0.3) is 0 Å². The summed E-state index contributed by atoms with van der Waals surface area (Å²) in [5.41, 5.74) is 11.5. The molecule has 0 unspecified atom stereocenters. The first kappa shape index (κ1) is 19.0. The minimum atomic E-state index is 0.637. The lowest BCUT2D eigenvalue weighted by molar-refractivity contribution is 0.287. The van der Waals surface area contributed by atoms with Gasteiger partial charge < -0.3 is 9.47 Å². The molecule has 0 amide bonds. The molecular formula is C28H28O2. The van der Waals surface area contributed by atoms with Crippen LogP contribution in [-0.2, 0) is 25.7 Å². The van der Waals surface area contributed by atoms with Gasteiger partial charge in [-0.1, -0.05) is 48.5 Å². The lowest BCUT2D eigenvalue weighted by Crippen LogP contribution is -2.12. The Bertz CT molecular complexity index is 1120. The normalized spacial score (nSPS) is 14.3. The van der Waals surface area contributed by atoms with E-state index in [0.29, 0.717) is 13.2 Å². The molecule has 152 valence electrons. The van der Waals surface area contributed by atoms with Crippen molar-refractivity contribution >= 4 is 5.57 Å². The molecule has 0 spiro atoms. The third kappa shape index (κ3) is 3.31. The molecule has 0 aromatic heterocycles. The van der Waals surface area contributed by atoms with Gasteiger partial charge in [-0.2, -0.15) is 0 Å². The van der Waals surface area contributed by atoms with Gasteiger partial charge in [0.05, 0.1) is 13.2 Å². The molecule has 0 N–H and O–H groups in total. The number of hydrogen-bond donors (Lipinski definition) is 0. The van der Waals surface area contributed by atoms with Gasteiger partial charge in [0, 0.05) is 0 Å². The van der Waals surface area contributed by atoms with E-state index in [1.165, 1.54) is 39.0 Å². The molecule has 2 heteroatoms. The number of ether oxygens (including phenoxy) is 2. The Labute approximate surface area is 179 Å². The third-order valence-corrected chi connectivity index (χ3v) is 6.33. The molecule has 5 rings (SSSR count). The summed E-state index contributed by atoms with van der Waals surface area (Å²) in [6.45, 7) is 5.30. The Morgan fingerprint density at radius 3 is 2.43 bits per heavy atom. The van der Waals surface area contributed by atoms with E-state index in [4.69, 9.17) is 9.47 Å². The zero-order chi connectivity index (χ0) is 20.5. The fourth-order valence-corrected chi connectivity index (χ4v) is 4.92. The second-order valence-electron chi connectivity index (χ2n) is 8.02. The number of hydrogen-bond acceptors (Lipinski definition) is 2. The average molecular weight is 397 g/mol. The minimum Gasteiger partial charge on any atom is -0.490 e. The number of rotatable bonds is 5. The van der Waals surface area contributed by atoms with E-state index in [1.54, 1.807) is 5.56 Å². The second-order valence-corrected chi connectivity index (χ2v) is 8.02. The van der Waals surface area contributed by atoms with Gasteiger partial charge in [0.2, 0.25) is 0 Å². The third-order valence-electron chi connectivity index (χ3n) is 6.33. The predicted molar refractivity (Wildman–Crippen MR) is 123 cm³/mol. The molecule has 0 aliphatic heterocycles. The van der Waals surface area contributed by atoms with E-state index in [0.717, 1.165) is 37.2 Å². The highest BCUT2D eigenvalue weighted by Crippen LogP contribution is 2.40. The first-order chi connectivity index (χ1) is 14.8. The zero-order valence-electron chi connectivity index (χ0n) is 17.8. The molecule has 0 heterocycles. The van der Waals surface area contributed by atoms with E-state index in [1.807, 2.05) is 13.8 Å². The van der Waals surface area contributed by atoms with Gasteiger partial charge in [-0.25, -0.2) is 0 Å². The van der Waals surface area contributed by atoms with E-state index in [-0.39, 0.29) is 0 Å². The van der Waals surface area contributed by atoms with Gasteiger partial charge in [-0.05, 0) is 96.2 Å². The van der Waals surface area contributed by atoms with Crippen LogP contribution in [0.1, 0.15) is 41.7 Å². The average Bonchev–Trinajstić information content (AvgIpc) is 2.79. The van der Waals surface area contributed by atoms with E-state index in [2.05, 4.69) is 60.7 Å². The van der Waals surface area contributed by atoms with Gasteiger partial charge >= 0.3 is 0 Å². The van der Waals surface area contributed by atoms with Gasteiger partial charge in [0.15, 0.2) is 11.5 Å². The lowest BCUT2D eigenvalue weighted by atomic mass is 9.77. The molecule has 0 fully saturated rings. The van der Waals surface area contributed by atoms with Crippen LogP contribution in [0.3, 0.4) is 0 Å². The Hall–Kier alpha value is -3.00. The predicted octanol–water partition coefficient (Wildman–Crippen LogP) is 6.43. The van der Waals surface area contributed by atoms with Crippen LogP contribution in [0, 0.1) is 0 Å². The van der Waals surface area contributed by atoms with E-state index < -0.39 is 0 Å². The van der Waals surface area contributed by atoms with E-state index in [9.17, 15) is 0 Å². The maximum Gasteiger partial charge on any atom is 0.161 e. The van der Waals surface area contributed by atoms with Crippen LogP contribution < -0.4 is 9.47 Å². The van der Waals surface area contributed by atoms with Crippen molar-refractivity contribution in [3.8, 4) is 22.6 Å². The Morgan fingerprint density at radius 2 is 1.57 bits per heavy atom. The first-order valence-corrected chi connectivity index (χ1v) is 11.1. The zero-order valence-corrected chi connectivity index (χ0v) is 17.8. The van der Waals surface area contributed by atoms with Crippen molar-refractivity contribution in [2.24, 2.45) is 0 Å². The van der Waals surface area contributed by atoms with Crippen LogP contribution >= 0.6 is 0 Å². The molecule has 2 aliphatic carbocycles. The molecule has 0 bridgehead atoms. The van der Waals surface area contributed by atoms with Crippen LogP contribution in [0.25, 0.3) is 16.7 Å². The summed E-state index contributed by atoms with van der Waals surface area (Å²) in [7, 11) is 0. The summed E-state index contributed by atoms with van der Waals surface area (Å²) in [5.74, 6) is 1.67. The molecule has 0 radical (unpaired) electrons. The van der Waals surface area contributed by atoms with Crippen LogP contribution in [0.15, 0.2) is 60.7 Å². The van der Waals surface area contributed by atoms with Crippen molar-refractivity contribution < 1.29 is 9.47 Å². The topological polar surface area (TPSA) is 18.5 Å². The molecular weight excluding hydrogens is 368 g/mol. The number of benzene rings is 3. The SMILES string of the molecule is CCOc1ccc(C2=CCc3ccc4c(c3C2)CCc2ccccc2-4)cc1OCC. The Morgan fingerprint density at radius 1 is 0.733 bits per heavy atom. The Balaban J connectivity index is 1.51. The minimum absolute atomic E-state index is 0.637. The van der Waals surface area contributed by atoms with Crippen molar-refractivity contribution in [1.29, 1.82) is 0 Å².